The predicted molar refractivity (Wildman–Crippen MR) is 61.0 cm³/mol. The largest absolute Gasteiger partial charge is 0.392 e. The number of hydrogen-bond donors (Lipinski definition) is 1. The van der Waals surface area contributed by atoms with Crippen molar-refractivity contribution in [3.05, 3.63) is 34.9 Å². The van der Waals surface area contributed by atoms with Gasteiger partial charge in [-0.1, -0.05) is 23.8 Å². The van der Waals surface area contributed by atoms with Gasteiger partial charge in [0.2, 0.25) is 0 Å². The molecule has 0 aromatic heterocycles. The molecular weight excluding hydrogens is 196 g/mol. The molecule has 1 aromatic carbocycles. The Hall–Kier alpha value is -0.530. The molecule has 0 spiro atoms. The lowest BCUT2D eigenvalue weighted by Gasteiger charge is -2.09. The number of aliphatic hydroxyl groups is 1. The highest BCUT2D eigenvalue weighted by atomic mass is 35.5. The highest BCUT2D eigenvalue weighted by Crippen LogP contribution is 2.13. The van der Waals surface area contributed by atoms with Gasteiger partial charge in [0.1, 0.15) is 0 Å². The van der Waals surface area contributed by atoms with E-state index in [0.29, 0.717) is 5.88 Å². The molecule has 14 heavy (non-hydrogen) atoms. The quantitative estimate of drug-likeness (QED) is 0.762. The van der Waals surface area contributed by atoms with Crippen LogP contribution in [0.1, 0.15) is 23.1 Å². The number of aryl methyl sites for hydroxylation is 3. The topological polar surface area (TPSA) is 20.2 Å². The van der Waals surface area contributed by atoms with Gasteiger partial charge in [-0.15, -0.1) is 11.6 Å². The van der Waals surface area contributed by atoms with Gasteiger partial charge in [0.05, 0.1) is 6.10 Å². The zero-order valence-corrected chi connectivity index (χ0v) is 9.51. The molecule has 78 valence electrons. The minimum absolute atomic E-state index is 0.324. The van der Waals surface area contributed by atoms with Gasteiger partial charge in [0.15, 0.2) is 0 Å². The van der Waals surface area contributed by atoms with Gasteiger partial charge in [-0.3, -0.25) is 0 Å². The first-order valence-electron chi connectivity index (χ1n) is 4.93. The van der Waals surface area contributed by atoms with Crippen LogP contribution in [0.4, 0.5) is 0 Å². The van der Waals surface area contributed by atoms with E-state index in [1.54, 1.807) is 0 Å². The van der Waals surface area contributed by atoms with Crippen molar-refractivity contribution >= 4 is 11.6 Å². The Kier molecular flexibility index (Phi) is 4.43. The first-order chi connectivity index (χ1) is 6.63. The average Bonchev–Trinajstić information content (AvgIpc) is 2.19. The summed E-state index contributed by atoms with van der Waals surface area (Å²) in [5.74, 6) is 0.324. The Balaban J connectivity index is 2.62. The third-order valence-corrected chi connectivity index (χ3v) is 2.79. The van der Waals surface area contributed by atoms with E-state index in [1.165, 1.54) is 16.7 Å². The molecule has 2 heteroatoms. The van der Waals surface area contributed by atoms with E-state index < -0.39 is 0 Å². The highest BCUT2D eigenvalue weighted by molar-refractivity contribution is 6.18. The summed E-state index contributed by atoms with van der Waals surface area (Å²) in [5, 5.41) is 9.35. The molecule has 1 unspecified atom stereocenters. The fourth-order valence-electron chi connectivity index (χ4n) is 1.47. The van der Waals surface area contributed by atoms with E-state index >= 15 is 0 Å². The molecule has 1 nitrogen and oxygen atoms in total. The second kappa shape index (κ2) is 5.38. The zero-order chi connectivity index (χ0) is 10.6. The van der Waals surface area contributed by atoms with Crippen LogP contribution in [0.3, 0.4) is 0 Å². The normalized spacial score (nSPS) is 12.9. The maximum absolute atomic E-state index is 9.35. The first-order valence-corrected chi connectivity index (χ1v) is 5.47. The van der Waals surface area contributed by atoms with Crippen molar-refractivity contribution < 1.29 is 5.11 Å². The molecule has 1 rings (SSSR count). The Labute approximate surface area is 90.7 Å². The number of aliphatic hydroxyl groups excluding tert-OH is 1. The maximum Gasteiger partial charge on any atom is 0.0678 e. The summed E-state index contributed by atoms with van der Waals surface area (Å²) in [5.41, 5.74) is 3.87. The van der Waals surface area contributed by atoms with Crippen LogP contribution in [-0.4, -0.2) is 17.1 Å². The molecule has 1 aromatic rings. The predicted octanol–water partition coefficient (Wildman–Crippen LogP) is 2.84. The van der Waals surface area contributed by atoms with Crippen LogP contribution >= 0.6 is 11.6 Å². The van der Waals surface area contributed by atoms with Crippen LogP contribution in [0.5, 0.6) is 0 Å². The van der Waals surface area contributed by atoms with Crippen LogP contribution in [0.25, 0.3) is 0 Å². The van der Waals surface area contributed by atoms with Crippen LogP contribution in [0.2, 0.25) is 0 Å². The van der Waals surface area contributed by atoms with E-state index in [2.05, 4.69) is 32.0 Å². The lowest BCUT2D eigenvalue weighted by Crippen LogP contribution is -2.09. The third-order valence-electron chi connectivity index (χ3n) is 2.43. The molecule has 1 atom stereocenters. The van der Waals surface area contributed by atoms with Crippen LogP contribution in [-0.2, 0) is 6.42 Å². The summed E-state index contributed by atoms with van der Waals surface area (Å²) in [7, 11) is 0. The third kappa shape index (κ3) is 3.32. The molecule has 1 N–H and O–H groups in total. The summed E-state index contributed by atoms with van der Waals surface area (Å²) < 4.78 is 0. The number of hydrogen-bond acceptors (Lipinski definition) is 1. The molecule has 0 aliphatic heterocycles. The lowest BCUT2D eigenvalue weighted by atomic mass is 10.0. The van der Waals surface area contributed by atoms with E-state index in [4.69, 9.17) is 11.6 Å². The fraction of sp³-hybridized carbons (Fsp3) is 0.500. The minimum atomic E-state index is -0.378. The fourth-order valence-corrected chi connectivity index (χ4v) is 1.62. The molecule has 0 radical (unpaired) electrons. The summed E-state index contributed by atoms with van der Waals surface area (Å²) in [6.07, 6.45) is 1.27. The van der Waals surface area contributed by atoms with E-state index in [-0.39, 0.29) is 6.10 Å². The lowest BCUT2D eigenvalue weighted by molar-refractivity contribution is 0.188. The van der Waals surface area contributed by atoms with Gasteiger partial charge in [0, 0.05) is 5.88 Å². The van der Waals surface area contributed by atoms with E-state index in [1.807, 2.05) is 0 Å². The second-order valence-electron chi connectivity index (χ2n) is 3.78. The van der Waals surface area contributed by atoms with Crippen molar-refractivity contribution in [1.82, 2.24) is 0 Å². The van der Waals surface area contributed by atoms with Gasteiger partial charge in [-0.2, -0.15) is 0 Å². The molecule has 0 aliphatic rings. The maximum atomic E-state index is 9.35. The van der Waals surface area contributed by atoms with Crippen molar-refractivity contribution in [3.63, 3.8) is 0 Å². The van der Waals surface area contributed by atoms with Crippen molar-refractivity contribution in [3.8, 4) is 0 Å². The number of alkyl halides is 1. The van der Waals surface area contributed by atoms with E-state index in [0.717, 1.165) is 12.8 Å². The first kappa shape index (κ1) is 11.5. The SMILES string of the molecule is Cc1ccc(C)c(CCC(O)CCl)c1. The number of benzene rings is 1. The molecule has 0 bridgehead atoms. The van der Waals surface area contributed by atoms with Gasteiger partial charge in [0.25, 0.3) is 0 Å². The minimum Gasteiger partial charge on any atom is -0.392 e. The summed E-state index contributed by atoms with van der Waals surface area (Å²) in [6.45, 7) is 4.18. The second-order valence-corrected chi connectivity index (χ2v) is 4.09. The Morgan fingerprint density at radius 3 is 2.71 bits per heavy atom. The molecule has 0 saturated heterocycles. The van der Waals surface area contributed by atoms with Gasteiger partial charge in [-0.05, 0) is 37.8 Å². The molecule has 0 heterocycles. The zero-order valence-electron chi connectivity index (χ0n) is 8.76. The smallest absolute Gasteiger partial charge is 0.0678 e. The summed E-state index contributed by atoms with van der Waals surface area (Å²) >= 11 is 5.54. The molecule has 0 fully saturated rings. The number of halogens is 1. The average molecular weight is 213 g/mol. The molecule has 0 aliphatic carbocycles. The van der Waals surface area contributed by atoms with E-state index in [9.17, 15) is 5.11 Å². The van der Waals surface area contributed by atoms with Gasteiger partial charge < -0.3 is 5.11 Å². The Morgan fingerprint density at radius 2 is 2.07 bits per heavy atom. The molecule has 0 amide bonds. The monoisotopic (exact) mass is 212 g/mol. The van der Waals surface area contributed by atoms with Crippen molar-refractivity contribution in [2.24, 2.45) is 0 Å². The number of rotatable bonds is 4. The van der Waals surface area contributed by atoms with Crippen molar-refractivity contribution in [1.29, 1.82) is 0 Å². The van der Waals surface area contributed by atoms with Gasteiger partial charge >= 0.3 is 0 Å². The summed E-state index contributed by atoms with van der Waals surface area (Å²) in [4.78, 5) is 0. The Bertz CT molecular complexity index is 296. The molecule has 0 saturated carbocycles. The molecular formula is C12H17ClO. The van der Waals surface area contributed by atoms with Crippen LogP contribution in [0.15, 0.2) is 18.2 Å². The standard InChI is InChI=1S/C12H17ClO/c1-9-3-4-10(2)11(7-9)5-6-12(14)8-13/h3-4,7,12,14H,5-6,8H2,1-2H3. The van der Waals surface area contributed by atoms with Gasteiger partial charge in [-0.25, -0.2) is 0 Å². The van der Waals surface area contributed by atoms with Crippen LogP contribution in [0, 0.1) is 13.8 Å². The van der Waals surface area contributed by atoms with Crippen molar-refractivity contribution in [2.75, 3.05) is 5.88 Å². The van der Waals surface area contributed by atoms with Crippen LogP contribution < -0.4 is 0 Å². The van der Waals surface area contributed by atoms with Crippen molar-refractivity contribution in [2.45, 2.75) is 32.8 Å². The Morgan fingerprint density at radius 1 is 1.36 bits per heavy atom. The summed E-state index contributed by atoms with van der Waals surface area (Å²) in [6, 6.07) is 6.41. The highest BCUT2D eigenvalue weighted by Gasteiger charge is 2.04.